The summed E-state index contributed by atoms with van der Waals surface area (Å²) in [7, 11) is 0. The van der Waals surface area contributed by atoms with Crippen molar-refractivity contribution in [3.8, 4) is 0 Å². The van der Waals surface area contributed by atoms with Gasteiger partial charge < -0.3 is 5.32 Å². The quantitative estimate of drug-likeness (QED) is 0.855. The maximum atomic E-state index is 3.51. The average Bonchev–Trinajstić information content (AvgIpc) is 2.51. The standard InChI is InChI=1S/C12H16BrN/c1-9-5-11(8-14-9)6-10-3-2-4-12(13)7-10/h2-4,7,9,11,14H,5-6,8H2,1H3. The van der Waals surface area contributed by atoms with Crippen molar-refractivity contribution < 1.29 is 0 Å². The highest BCUT2D eigenvalue weighted by Gasteiger charge is 2.20. The van der Waals surface area contributed by atoms with Gasteiger partial charge in [0.25, 0.3) is 0 Å². The first-order chi connectivity index (χ1) is 6.74. The lowest BCUT2D eigenvalue weighted by Crippen LogP contribution is -2.17. The first-order valence-electron chi connectivity index (χ1n) is 5.22. The predicted molar refractivity (Wildman–Crippen MR) is 63.4 cm³/mol. The maximum absolute atomic E-state index is 3.51. The van der Waals surface area contributed by atoms with Gasteiger partial charge in [-0.3, -0.25) is 0 Å². The van der Waals surface area contributed by atoms with Crippen LogP contribution < -0.4 is 5.32 Å². The predicted octanol–water partition coefficient (Wildman–Crippen LogP) is 2.99. The molecule has 2 unspecified atom stereocenters. The van der Waals surface area contributed by atoms with Crippen LogP contribution in [0.1, 0.15) is 18.9 Å². The Labute approximate surface area is 94.0 Å². The van der Waals surface area contributed by atoms with E-state index in [0.717, 1.165) is 5.92 Å². The van der Waals surface area contributed by atoms with Gasteiger partial charge in [-0.05, 0) is 49.9 Å². The Morgan fingerprint density at radius 1 is 1.50 bits per heavy atom. The molecule has 2 atom stereocenters. The largest absolute Gasteiger partial charge is 0.314 e. The molecular weight excluding hydrogens is 238 g/mol. The zero-order valence-corrected chi connectivity index (χ0v) is 10.0. The molecule has 0 radical (unpaired) electrons. The van der Waals surface area contributed by atoms with Crippen LogP contribution in [0.4, 0.5) is 0 Å². The fourth-order valence-electron chi connectivity index (χ4n) is 2.19. The van der Waals surface area contributed by atoms with Crippen molar-refractivity contribution in [1.82, 2.24) is 5.32 Å². The topological polar surface area (TPSA) is 12.0 Å². The van der Waals surface area contributed by atoms with E-state index in [0.29, 0.717) is 6.04 Å². The molecule has 0 saturated carbocycles. The summed E-state index contributed by atoms with van der Waals surface area (Å²) in [6.45, 7) is 3.44. The summed E-state index contributed by atoms with van der Waals surface area (Å²) in [5.41, 5.74) is 1.44. The van der Waals surface area contributed by atoms with Crippen LogP contribution in [0.3, 0.4) is 0 Å². The van der Waals surface area contributed by atoms with Gasteiger partial charge in [0.1, 0.15) is 0 Å². The fourth-order valence-corrected chi connectivity index (χ4v) is 2.63. The van der Waals surface area contributed by atoms with Gasteiger partial charge in [0, 0.05) is 10.5 Å². The molecule has 1 fully saturated rings. The van der Waals surface area contributed by atoms with E-state index in [1.165, 1.54) is 29.4 Å². The Morgan fingerprint density at radius 3 is 3.00 bits per heavy atom. The highest BCUT2D eigenvalue weighted by molar-refractivity contribution is 9.10. The van der Waals surface area contributed by atoms with Crippen LogP contribution in [0, 0.1) is 5.92 Å². The summed E-state index contributed by atoms with van der Waals surface area (Å²) >= 11 is 3.51. The van der Waals surface area contributed by atoms with Gasteiger partial charge in [-0.2, -0.15) is 0 Å². The van der Waals surface area contributed by atoms with Gasteiger partial charge in [0.2, 0.25) is 0 Å². The van der Waals surface area contributed by atoms with Crippen molar-refractivity contribution in [2.75, 3.05) is 6.54 Å². The molecule has 0 spiro atoms. The molecule has 0 aromatic heterocycles. The SMILES string of the molecule is CC1CC(Cc2cccc(Br)c2)CN1. The number of rotatable bonds is 2. The summed E-state index contributed by atoms with van der Waals surface area (Å²) in [6.07, 6.45) is 2.52. The van der Waals surface area contributed by atoms with Crippen molar-refractivity contribution in [1.29, 1.82) is 0 Å². The second-order valence-corrected chi connectivity index (χ2v) is 5.16. The molecule has 14 heavy (non-hydrogen) atoms. The molecule has 0 amide bonds. The monoisotopic (exact) mass is 253 g/mol. The van der Waals surface area contributed by atoms with E-state index in [1.54, 1.807) is 0 Å². The second-order valence-electron chi connectivity index (χ2n) is 4.25. The van der Waals surface area contributed by atoms with Crippen LogP contribution >= 0.6 is 15.9 Å². The van der Waals surface area contributed by atoms with Crippen molar-refractivity contribution >= 4 is 15.9 Å². The van der Waals surface area contributed by atoms with Gasteiger partial charge >= 0.3 is 0 Å². The molecule has 76 valence electrons. The van der Waals surface area contributed by atoms with Crippen molar-refractivity contribution in [2.24, 2.45) is 5.92 Å². The van der Waals surface area contributed by atoms with Crippen molar-refractivity contribution in [3.05, 3.63) is 34.3 Å². The lowest BCUT2D eigenvalue weighted by Gasteiger charge is -2.08. The van der Waals surface area contributed by atoms with Crippen LogP contribution in [0.5, 0.6) is 0 Å². The normalized spacial score (nSPS) is 26.7. The molecule has 0 bridgehead atoms. The molecule has 1 N–H and O–H groups in total. The lowest BCUT2D eigenvalue weighted by atomic mass is 9.97. The van der Waals surface area contributed by atoms with E-state index in [-0.39, 0.29) is 0 Å². The summed E-state index contributed by atoms with van der Waals surface area (Å²) in [5, 5.41) is 3.49. The minimum absolute atomic E-state index is 0.701. The van der Waals surface area contributed by atoms with Gasteiger partial charge in [0.05, 0.1) is 0 Å². The average molecular weight is 254 g/mol. The zero-order chi connectivity index (χ0) is 9.97. The Balaban J connectivity index is 1.97. The molecule has 1 aliphatic rings. The molecule has 0 aliphatic carbocycles. The molecule has 2 heteroatoms. The summed E-state index contributed by atoms with van der Waals surface area (Å²) < 4.78 is 1.19. The molecule has 1 heterocycles. The van der Waals surface area contributed by atoms with E-state index in [9.17, 15) is 0 Å². The Bertz CT molecular complexity index is 311. The maximum Gasteiger partial charge on any atom is 0.0177 e. The minimum atomic E-state index is 0.701. The Kier molecular flexibility index (Phi) is 3.24. The minimum Gasteiger partial charge on any atom is -0.314 e. The van der Waals surface area contributed by atoms with Crippen LogP contribution in [0.15, 0.2) is 28.7 Å². The Morgan fingerprint density at radius 2 is 2.36 bits per heavy atom. The van der Waals surface area contributed by atoms with Crippen LogP contribution in [0.2, 0.25) is 0 Å². The highest BCUT2D eigenvalue weighted by atomic mass is 79.9. The van der Waals surface area contributed by atoms with E-state index >= 15 is 0 Å². The first kappa shape index (κ1) is 10.2. The smallest absolute Gasteiger partial charge is 0.0177 e. The van der Waals surface area contributed by atoms with Gasteiger partial charge in [0.15, 0.2) is 0 Å². The lowest BCUT2D eigenvalue weighted by molar-refractivity contribution is 0.565. The molecule has 1 aromatic rings. The third-order valence-electron chi connectivity index (χ3n) is 2.86. The zero-order valence-electron chi connectivity index (χ0n) is 8.46. The fraction of sp³-hybridized carbons (Fsp3) is 0.500. The highest BCUT2D eigenvalue weighted by Crippen LogP contribution is 2.20. The van der Waals surface area contributed by atoms with Crippen molar-refractivity contribution in [2.45, 2.75) is 25.8 Å². The summed E-state index contributed by atoms with van der Waals surface area (Å²) in [4.78, 5) is 0. The van der Waals surface area contributed by atoms with Gasteiger partial charge in [-0.1, -0.05) is 28.1 Å². The summed E-state index contributed by atoms with van der Waals surface area (Å²) in [6, 6.07) is 9.34. The van der Waals surface area contributed by atoms with E-state index in [4.69, 9.17) is 0 Å². The second kappa shape index (κ2) is 4.45. The van der Waals surface area contributed by atoms with Crippen molar-refractivity contribution in [3.63, 3.8) is 0 Å². The van der Waals surface area contributed by atoms with Crippen LogP contribution in [-0.4, -0.2) is 12.6 Å². The third-order valence-corrected chi connectivity index (χ3v) is 3.35. The molecule has 1 nitrogen and oxygen atoms in total. The van der Waals surface area contributed by atoms with Gasteiger partial charge in [-0.25, -0.2) is 0 Å². The van der Waals surface area contributed by atoms with E-state index in [2.05, 4.69) is 52.4 Å². The van der Waals surface area contributed by atoms with Gasteiger partial charge in [-0.15, -0.1) is 0 Å². The van der Waals surface area contributed by atoms with Crippen LogP contribution in [-0.2, 0) is 6.42 Å². The molecule has 2 rings (SSSR count). The van der Waals surface area contributed by atoms with E-state index in [1.807, 2.05) is 0 Å². The number of halogens is 1. The first-order valence-corrected chi connectivity index (χ1v) is 6.01. The molecule has 1 aromatic carbocycles. The molecular formula is C12H16BrN. The van der Waals surface area contributed by atoms with E-state index < -0.39 is 0 Å². The number of nitrogens with one attached hydrogen (secondary N) is 1. The summed E-state index contributed by atoms with van der Waals surface area (Å²) in [5.74, 6) is 0.819. The number of benzene rings is 1. The number of hydrogen-bond acceptors (Lipinski definition) is 1. The third kappa shape index (κ3) is 2.58. The molecule has 1 saturated heterocycles. The molecule has 1 aliphatic heterocycles. The Hall–Kier alpha value is -0.340. The van der Waals surface area contributed by atoms with Crippen LogP contribution in [0.25, 0.3) is 0 Å². The number of hydrogen-bond donors (Lipinski definition) is 1.